The van der Waals surface area contributed by atoms with Gasteiger partial charge in [-0.1, -0.05) is 18.2 Å². The smallest absolute Gasteiger partial charge is 0.291 e. The highest BCUT2D eigenvalue weighted by atomic mass is 32.2. The molecule has 0 saturated heterocycles. The van der Waals surface area contributed by atoms with Gasteiger partial charge in [-0.2, -0.15) is 5.10 Å². The number of fused-ring (bicyclic) bond motifs is 1. The van der Waals surface area contributed by atoms with Crippen molar-refractivity contribution in [2.75, 3.05) is 4.72 Å². The van der Waals surface area contributed by atoms with Gasteiger partial charge in [0.25, 0.3) is 15.6 Å². The van der Waals surface area contributed by atoms with Crippen LogP contribution in [0.4, 0.5) is 5.69 Å². The second kappa shape index (κ2) is 5.79. The molecular formula is C16H18N4O3S. The van der Waals surface area contributed by atoms with Gasteiger partial charge in [0.05, 0.1) is 5.69 Å². The summed E-state index contributed by atoms with van der Waals surface area (Å²) in [6.45, 7) is 5.78. The Hall–Kier alpha value is -2.61. The first-order valence-electron chi connectivity index (χ1n) is 7.52. The van der Waals surface area contributed by atoms with E-state index in [-0.39, 0.29) is 16.0 Å². The fourth-order valence-electron chi connectivity index (χ4n) is 2.52. The van der Waals surface area contributed by atoms with Gasteiger partial charge in [-0.05, 0) is 38.5 Å². The Morgan fingerprint density at radius 2 is 1.92 bits per heavy atom. The molecule has 0 saturated carbocycles. The molecular weight excluding hydrogens is 328 g/mol. The molecule has 7 nitrogen and oxygen atoms in total. The number of aromatic nitrogens is 3. The van der Waals surface area contributed by atoms with Gasteiger partial charge in [0.1, 0.15) is 16.2 Å². The average Bonchev–Trinajstić information content (AvgIpc) is 3.00. The molecule has 2 heterocycles. The number of sulfonamides is 1. The summed E-state index contributed by atoms with van der Waals surface area (Å²) in [4.78, 5) is 12.4. The SMILES string of the molecule is CCn1nc(C)n2cc(S(=O)(=O)Nc3ccccc3C)cc2c1=O. The molecule has 2 aromatic heterocycles. The number of anilines is 1. The maximum atomic E-state index is 12.6. The molecule has 126 valence electrons. The van der Waals surface area contributed by atoms with Crippen LogP contribution in [0, 0.1) is 13.8 Å². The third-order valence-electron chi connectivity index (χ3n) is 3.86. The Labute approximate surface area is 139 Å². The Morgan fingerprint density at radius 1 is 1.21 bits per heavy atom. The van der Waals surface area contributed by atoms with Crippen molar-refractivity contribution < 1.29 is 8.42 Å². The van der Waals surface area contributed by atoms with Gasteiger partial charge < -0.3 is 0 Å². The van der Waals surface area contributed by atoms with E-state index in [1.807, 2.05) is 26.0 Å². The molecule has 0 fully saturated rings. The summed E-state index contributed by atoms with van der Waals surface area (Å²) in [6.07, 6.45) is 1.42. The number of rotatable bonds is 4. The van der Waals surface area contributed by atoms with Gasteiger partial charge in [0, 0.05) is 12.7 Å². The van der Waals surface area contributed by atoms with Crippen LogP contribution in [0.15, 0.2) is 46.2 Å². The predicted octanol–water partition coefficient (Wildman–Crippen LogP) is 1.93. The first-order chi connectivity index (χ1) is 11.3. The van der Waals surface area contributed by atoms with E-state index in [2.05, 4.69) is 9.82 Å². The maximum Gasteiger partial charge on any atom is 0.291 e. The van der Waals surface area contributed by atoms with Crippen molar-refractivity contribution in [3.8, 4) is 0 Å². The molecule has 0 aliphatic carbocycles. The van der Waals surface area contributed by atoms with Gasteiger partial charge in [-0.25, -0.2) is 13.1 Å². The first-order valence-corrected chi connectivity index (χ1v) is 9.00. The van der Waals surface area contributed by atoms with E-state index in [0.717, 1.165) is 5.56 Å². The predicted molar refractivity (Wildman–Crippen MR) is 91.9 cm³/mol. The fraction of sp³-hybridized carbons (Fsp3) is 0.250. The van der Waals surface area contributed by atoms with E-state index >= 15 is 0 Å². The summed E-state index contributed by atoms with van der Waals surface area (Å²) in [5.41, 5.74) is 1.29. The van der Waals surface area contributed by atoms with Gasteiger partial charge >= 0.3 is 0 Å². The van der Waals surface area contributed by atoms with Crippen molar-refractivity contribution in [3.05, 3.63) is 58.3 Å². The highest BCUT2D eigenvalue weighted by Crippen LogP contribution is 2.20. The van der Waals surface area contributed by atoms with Gasteiger partial charge in [0.2, 0.25) is 0 Å². The minimum Gasteiger partial charge on any atom is -0.298 e. The number of benzene rings is 1. The summed E-state index contributed by atoms with van der Waals surface area (Å²) in [5.74, 6) is 0.545. The van der Waals surface area contributed by atoms with Crippen LogP contribution in [0.1, 0.15) is 18.3 Å². The standard InChI is InChI=1S/C16H18N4O3S/c1-4-20-16(21)15-9-13(10-19(15)12(3)17-20)24(22,23)18-14-8-6-5-7-11(14)2/h5-10,18H,4H2,1-3H3. The van der Waals surface area contributed by atoms with E-state index in [4.69, 9.17) is 0 Å². The molecule has 0 amide bonds. The molecule has 1 aromatic carbocycles. The van der Waals surface area contributed by atoms with E-state index < -0.39 is 10.0 Å². The molecule has 0 radical (unpaired) electrons. The molecule has 0 spiro atoms. The quantitative estimate of drug-likeness (QED) is 0.782. The molecule has 0 bridgehead atoms. The molecule has 0 unspecified atom stereocenters. The highest BCUT2D eigenvalue weighted by molar-refractivity contribution is 7.92. The van der Waals surface area contributed by atoms with Gasteiger partial charge in [-0.3, -0.25) is 13.9 Å². The molecule has 0 aliphatic rings. The van der Waals surface area contributed by atoms with Crippen LogP contribution < -0.4 is 10.3 Å². The van der Waals surface area contributed by atoms with Crippen molar-refractivity contribution in [1.29, 1.82) is 0 Å². The largest absolute Gasteiger partial charge is 0.298 e. The van der Waals surface area contributed by atoms with Crippen LogP contribution in [0.25, 0.3) is 5.52 Å². The normalized spacial score (nSPS) is 11.8. The topological polar surface area (TPSA) is 85.5 Å². The van der Waals surface area contributed by atoms with Crippen molar-refractivity contribution in [3.63, 3.8) is 0 Å². The molecule has 1 N–H and O–H groups in total. The number of hydrogen-bond acceptors (Lipinski definition) is 4. The monoisotopic (exact) mass is 346 g/mol. The number of aryl methyl sites for hydroxylation is 3. The zero-order valence-electron chi connectivity index (χ0n) is 13.6. The zero-order chi connectivity index (χ0) is 17.5. The van der Waals surface area contributed by atoms with Crippen LogP contribution in [-0.2, 0) is 16.6 Å². The second-order valence-electron chi connectivity index (χ2n) is 5.52. The molecule has 8 heteroatoms. The molecule has 0 aliphatic heterocycles. The summed E-state index contributed by atoms with van der Waals surface area (Å²) >= 11 is 0. The zero-order valence-corrected chi connectivity index (χ0v) is 14.5. The van der Waals surface area contributed by atoms with E-state index in [1.54, 1.807) is 19.1 Å². The minimum atomic E-state index is -3.80. The Balaban J connectivity index is 2.12. The van der Waals surface area contributed by atoms with Crippen molar-refractivity contribution in [2.24, 2.45) is 0 Å². The fourth-order valence-corrected chi connectivity index (χ4v) is 3.67. The minimum absolute atomic E-state index is 0.0293. The lowest BCUT2D eigenvalue weighted by Crippen LogP contribution is -2.25. The summed E-state index contributed by atoms with van der Waals surface area (Å²) < 4.78 is 30.7. The van der Waals surface area contributed by atoms with Crippen molar-refractivity contribution >= 4 is 21.2 Å². The Morgan fingerprint density at radius 3 is 2.58 bits per heavy atom. The van der Waals surface area contributed by atoms with E-state index in [0.29, 0.717) is 18.1 Å². The first kappa shape index (κ1) is 16.3. The number of hydrogen-bond donors (Lipinski definition) is 1. The van der Waals surface area contributed by atoms with Crippen molar-refractivity contribution in [2.45, 2.75) is 32.2 Å². The summed E-state index contributed by atoms with van der Waals surface area (Å²) in [7, 11) is -3.80. The maximum absolute atomic E-state index is 12.6. The van der Waals surface area contributed by atoms with Gasteiger partial charge in [-0.15, -0.1) is 0 Å². The molecule has 3 aromatic rings. The van der Waals surface area contributed by atoms with Crippen molar-refractivity contribution in [1.82, 2.24) is 14.2 Å². The third kappa shape index (κ3) is 2.69. The van der Waals surface area contributed by atoms with Crippen LogP contribution >= 0.6 is 0 Å². The third-order valence-corrected chi connectivity index (χ3v) is 5.19. The number of para-hydroxylation sites is 1. The number of nitrogens with zero attached hydrogens (tertiary/aromatic N) is 3. The highest BCUT2D eigenvalue weighted by Gasteiger charge is 2.20. The van der Waals surface area contributed by atoms with E-state index in [1.165, 1.54) is 21.3 Å². The molecule has 3 rings (SSSR count). The van der Waals surface area contributed by atoms with Crippen LogP contribution in [0.3, 0.4) is 0 Å². The summed E-state index contributed by atoms with van der Waals surface area (Å²) in [5, 5.41) is 4.16. The lowest BCUT2D eigenvalue weighted by atomic mass is 10.2. The van der Waals surface area contributed by atoms with Gasteiger partial charge in [0.15, 0.2) is 0 Å². The number of nitrogens with one attached hydrogen (secondary N) is 1. The molecule has 0 atom stereocenters. The Bertz CT molecular complexity index is 1080. The Kier molecular flexibility index (Phi) is 3.92. The lowest BCUT2D eigenvalue weighted by Gasteiger charge is -2.08. The van der Waals surface area contributed by atoms with E-state index in [9.17, 15) is 13.2 Å². The molecule has 24 heavy (non-hydrogen) atoms. The van der Waals surface area contributed by atoms with Crippen LogP contribution in [0.2, 0.25) is 0 Å². The summed E-state index contributed by atoms with van der Waals surface area (Å²) in [6, 6.07) is 8.49. The van der Waals surface area contributed by atoms with Crippen LogP contribution in [0.5, 0.6) is 0 Å². The second-order valence-corrected chi connectivity index (χ2v) is 7.20. The van der Waals surface area contributed by atoms with Crippen LogP contribution in [-0.4, -0.2) is 22.6 Å². The average molecular weight is 346 g/mol. The lowest BCUT2D eigenvalue weighted by molar-refractivity contribution is 0.592.